The van der Waals surface area contributed by atoms with Gasteiger partial charge in [-0.15, -0.1) is 11.3 Å². The van der Waals surface area contributed by atoms with Gasteiger partial charge in [0.05, 0.1) is 5.56 Å². The average Bonchev–Trinajstić information content (AvgIpc) is 2.91. The van der Waals surface area contributed by atoms with E-state index in [1.807, 2.05) is 13.8 Å². The minimum absolute atomic E-state index is 0.422. The third kappa shape index (κ3) is 4.20. The summed E-state index contributed by atoms with van der Waals surface area (Å²) in [5.41, 5.74) is 0.906. The molecular weight excluding hydrogens is 328 g/mol. The molecule has 0 aliphatic carbocycles. The van der Waals surface area contributed by atoms with Gasteiger partial charge in [0.15, 0.2) is 0 Å². The van der Waals surface area contributed by atoms with Crippen LogP contribution in [0.1, 0.15) is 31.8 Å². The largest absolute Gasteiger partial charge is 0.444 e. The Bertz CT molecular complexity index is 755. The zero-order valence-corrected chi connectivity index (χ0v) is 14.4. The Labute approximate surface area is 143 Å². The first-order valence-electron chi connectivity index (χ1n) is 7.28. The van der Waals surface area contributed by atoms with Crippen molar-refractivity contribution in [3.8, 4) is 0 Å². The summed E-state index contributed by atoms with van der Waals surface area (Å²) in [6, 6.07) is 9.61. The van der Waals surface area contributed by atoms with Crippen LogP contribution in [-0.4, -0.2) is 25.0 Å². The van der Waals surface area contributed by atoms with Gasteiger partial charge < -0.3 is 10.1 Å². The number of rotatable bonds is 4. The molecule has 1 atom stereocenters. The van der Waals surface area contributed by atoms with Crippen molar-refractivity contribution in [1.29, 1.82) is 0 Å². The molecule has 0 fully saturated rings. The zero-order chi connectivity index (χ0) is 17.7. The van der Waals surface area contributed by atoms with Crippen molar-refractivity contribution in [2.75, 3.05) is 7.05 Å². The standard InChI is InChI=1S/C17H18N2O4S/c1-10-9-13(11(2)24-10)16(21)23-14(12-7-5-4-6-8-12)15(20)19-17(22)18-3/h4-9,14H,1-3H3,(H2,18,19,20,22)/t14-/m0/s1. The summed E-state index contributed by atoms with van der Waals surface area (Å²) in [6.45, 7) is 3.71. The molecule has 1 aromatic carbocycles. The molecular formula is C17H18N2O4S. The molecule has 0 bridgehead atoms. The van der Waals surface area contributed by atoms with Crippen LogP contribution in [0.5, 0.6) is 0 Å². The van der Waals surface area contributed by atoms with Gasteiger partial charge in [0, 0.05) is 22.4 Å². The van der Waals surface area contributed by atoms with Gasteiger partial charge in [0.1, 0.15) is 0 Å². The predicted molar refractivity (Wildman–Crippen MR) is 91.0 cm³/mol. The molecule has 1 aromatic heterocycles. The second-order valence-electron chi connectivity index (χ2n) is 5.09. The first-order valence-corrected chi connectivity index (χ1v) is 8.09. The van der Waals surface area contributed by atoms with E-state index in [9.17, 15) is 14.4 Å². The Kier molecular flexibility index (Phi) is 5.70. The number of hydrogen-bond donors (Lipinski definition) is 2. The van der Waals surface area contributed by atoms with Crippen LogP contribution in [0.2, 0.25) is 0 Å². The smallest absolute Gasteiger partial charge is 0.340 e. The van der Waals surface area contributed by atoms with E-state index in [-0.39, 0.29) is 0 Å². The van der Waals surface area contributed by atoms with Crippen LogP contribution in [0.15, 0.2) is 36.4 Å². The number of ether oxygens (including phenoxy) is 1. The van der Waals surface area contributed by atoms with Gasteiger partial charge in [0.2, 0.25) is 6.10 Å². The van der Waals surface area contributed by atoms with Gasteiger partial charge in [-0.25, -0.2) is 9.59 Å². The Morgan fingerprint density at radius 2 is 1.79 bits per heavy atom. The van der Waals surface area contributed by atoms with Crippen molar-refractivity contribution >= 4 is 29.2 Å². The lowest BCUT2D eigenvalue weighted by molar-refractivity contribution is -0.129. The van der Waals surface area contributed by atoms with Gasteiger partial charge >= 0.3 is 12.0 Å². The van der Waals surface area contributed by atoms with Crippen molar-refractivity contribution in [2.24, 2.45) is 0 Å². The number of imide groups is 1. The molecule has 0 saturated heterocycles. The number of carbonyl (C=O) groups excluding carboxylic acids is 3. The number of esters is 1. The quantitative estimate of drug-likeness (QED) is 0.834. The molecule has 0 aliphatic rings. The zero-order valence-electron chi connectivity index (χ0n) is 13.6. The molecule has 2 rings (SSSR count). The maximum Gasteiger partial charge on any atom is 0.340 e. The van der Waals surface area contributed by atoms with E-state index >= 15 is 0 Å². The van der Waals surface area contributed by atoms with E-state index in [4.69, 9.17) is 4.74 Å². The first-order chi connectivity index (χ1) is 11.4. The number of nitrogens with one attached hydrogen (secondary N) is 2. The Hall–Kier alpha value is -2.67. The number of carbonyl (C=O) groups is 3. The minimum atomic E-state index is -1.21. The Morgan fingerprint density at radius 3 is 2.33 bits per heavy atom. The molecule has 0 unspecified atom stereocenters. The van der Waals surface area contributed by atoms with Gasteiger partial charge in [-0.3, -0.25) is 10.1 Å². The third-order valence-electron chi connectivity index (χ3n) is 3.29. The molecule has 0 radical (unpaired) electrons. The Morgan fingerprint density at radius 1 is 1.12 bits per heavy atom. The molecule has 126 valence electrons. The van der Waals surface area contributed by atoms with Crippen molar-refractivity contribution < 1.29 is 19.1 Å². The van der Waals surface area contributed by atoms with E-state index in [1.54, 1.807) is 36.4 Å². The second-order valence-corrected chi connectivity index (χ2v) is 6.55. The van der Waals surface area contributed by atoms with Crippen molar-refractivity contribution in [1.82, 2.24) is 10.6 Å². The van der Waals surface area contributed by atoms with Crippen LogP contribution in [0.25, 0.3) is 0 Å². The topological polar surface area (TPSA) is 84.5 Å². The van der Waals surface area contributed by atoms with Crippen LogP contribution in [0.3, 0.4) is 0 Å². The third-order valence-corrected chi connectivity index (χ3v) is 4.26. The van der Waals surface area contributed by atoms with Crippen LogP contribution in [0, 0.1) is 13.8 Å². The highest BCUT2D eigenvalue weighted by Crippen LogP contribution is 2.25. The molecule has 2 N–H and O–H groups in total. The van der Waals surface area contributed by atoms with E-state index in [0.717, 1.165) is 9.75 Å². The van der Waals surface area contributed by atoms with Crippen molar-refractivity contribution in [2.45, 2.75) is 20.0 Å². The lowest BCUT2D eigenvalue weighted by Crippen LogP contribution is -2.41. The van der Waals surface area contributed by atoms with Gasteiger partial charge in [-0.05, 0) is 19.9 Å². The molecule has 7 heteroatoms. The summed E-state index contributed by atoms with van der Waals surface area (Å²) in [7, 11) is 1.39. The molecule has 3 amide bonds. The fourth-order valence-corrected chi connectivity index (χ4v) is 3.06. The van der Waals surface area contributed by atoms with Crippen molar-refractivity contribution in [3.63, 3.8) is 0 Å². The highest BCUT2D eigenvalue weighted by Gasteiger charge is 2.27. The fraction of sp³-hybridized carbons (Fsp3) is 0.235. The molecule has 6 nitrogen and oxygen atoms in total. The second kappa shape index (κ2) is 7.74. The van der Waals surface area contributed by atoms with E-state index in [0.29, 0.717) is 11.1 Å². The lowest BCUT2D eigenvalue weighted by atomic mass is 10.1. The minimum Gasteiger partial charge on any atom is -0.444 e. The Balaban J connectivity index is 2.26. The van der Waals surface area contributed by atoms with Gasteiger partial charge in [-0.2, -0.15) is 0 Å². The number of hydrogen-bond acceptors (Lipinski definition) is 5. The van der Waals surface area contributed by atoms with Crippen LogP contribution >= 0.6 is 11.3 Å². The maximum atomic E-state index is 12.4. The van der Waals surface area contributed by atoms with E-state index in [1.165, 1.54) is 18.4 Å². The summed E-state index contributed by atoms with van der Waals surface area (Å²) >= 11 is 1.48. The van der Waals surface area contributed by atoms with Crippen molar-refractivity contribution in [3.05, 3.63) is 57.3 Å². The molecule has 1 heterocycles. The molecule has 24 heavy (non-hydrogen) atoms. The lowest BCUT2D eigenvalue weighted by Gasteiger charge is -2.17. The van der Waals surface area contributed by atoms with Crippen LogP contribution in [-0.2, 0) is 9.53 Å². The summed E-state index contributed by atoms with van der Waals surface area (Å²) in [5, 5.41) is 4.43. The van der Waals surface area contributed by atoms with E-state index < -0.39 is 24.0 Å². The number of benzene rings is 1. The SMILES string of the molecule is CNC(=O)NC(=O)[C@@H](OC(=O)c1cc(C)sc1C)c1ccccc1. The molecule has 0 spiro atoms. The number of amides is 3. The summed E-state index contributed by atoms with van der Waals surface area (Å²) in [5.74, 6) is -1.31. The predicted octanol–water partition coefficient (Wildman–Crippen LogP) is 2.72. The molecule has 0 aliphatic heterocycles. The molecule has 2 aromatic rings. The highest BCUT2D eigenvalue weighted by atomic mass is 32.1. The monoisotopic (exact) mass is 346 g/mol. The summed E-state index contributed by atoms with van der Waals surface area (Å²) in [6.07, 6.45) is -1.21. The average molecular weight is 346 g/mol. The van der Waals surface area contributed by atoms with Crippen LogP contribution < -0.4 is 10.6 Å². The molecule has 0 saturated carbocycles. The van der Waals surface area contributed by atoms with Gasteiger partial charge in [0.25, 0.3) is 5.91 Å². The van der Waals surface area contributed by atoms with E-state index in [2.05, 4.69) is 10.6 Å². The number of urea groups is 1. The fourth-order valence-electron chi connectivity index (χ4n) is 2.14. The first kappa shape index (κ1) is 17.7. The number of thiophene rings is 1. The highest BCUT2D eigenvalue weighted by molar-refractivity contribution is 7.12. The van der Waals surface area contributed by atoms with Crippen LogP contribution in [0.4, 0.5) is 4.79 Å². The summed E-state index contributed by atoms with van der Waals surface area (Å²) in [4.78, 5) is 37.9. The normalized spacial score (nSPS) is 11.5. The summed E-state index contributed by atoms with van der Waals surface area (Å²) < 4.78 is 5.40. The van der Waals surface area contributed by atoms with Gasteiger partial charge in [-0.1, -0.05) is 30.3 Å². The number of aryl methyl sites for hydroxylation is 2. The maximum absolute atomic E-state index is 12.4.